The lowest BCUT2D eigenvalue weighted by molar-refractivity contribution is -0.199. The van der Waals surface area contributed by atoms with Gasteiger partial charge in [-0.25, -0.2) is 4.79 Å². The molecule has 3 saturated carbocycles. The highest BCUT2D eigenvalue weighted by Gasteiger charge is 2.68. The molecule has 1 unspecified atom stereocenters. The van der Waals surface area contributed by atoms with E-state index >= 15 is 0 Å². The van der Waals surface area contributed by atoms with Crippen molar-refractivity contribution in [2.45, 2.75) is 70.1 Å². The number of nitrogens with zero attached hydrogens (tertiary/aromatic N) is 1. The standard InChI is InChI=1S/C28H35BN2O6/c1-5-25(32)31-11-10-19(31)16-35-26(33)30-24(12-17-15-34-21-9-7-6-8-20(17)21)29-36-23-14-18-13-22(27(18,2)3)28(23,4)37-29/h5-9,15,18-19,22-24H,1,10-14,16H2,2-4H3,(H,30,33)/t18-,19+,22?,23+,24-,28-/m0/s1. The third kappa shape index (κ3) is 3.98. The number of para-hydroxylation sites is 1. The van der Waals surface area contributed by atoms with Gasteiger partial charge >= 0.3 is 13.2 Å². The smallest absolute Gasteiger partial charge is 0.464 e. The highest BCUT2D eigenvalue weighted by molar-refractivity contribution is 6.48. The van der Waals surface area contributed by atoms with Crippen molar-refractivity contribution >= 4 is 30.1 Å². The lowest BCUT2D eigenvalue weighted by Gasteiger charge is -2.64. The zero-order valence-electron chi connectivity index (χ0n) is 21.8. The Labute approximate surface area is 217 Å². The molecular weight excluding hydrogens is 471 g/mol. The van der Waals surface area contributed by atoms with Gasteiger partial charge in [-0.15, -0.1) is 0 Å². The lowest BCUT2D eigenvalue weighted by Crippen LogP contribution is -2.65. The number of rotatable bonds is 7. The van der Waals surface area contributed by atoms with Crippen molar-refractivity contribution < 1.29 is 28.1 Å². The maximum Gasteiger partial charge on any atom is 0.482 e. The van der Waals surface area contributed by atoms with Gasteiger partial charge in [0, 0.05) is 11.9 Å². The Bertz CT molecular complexity index is 1230. The summed E-state index contributed by atoms with van der Waals surface area (Å²) in [5, 5.41) is 4.02. The number of fused-ring (bicyclic) bond motifs is 1. The molecule has 2 saturated heterocycles. The van der Waals surface area contributed by atoms with Gasteiger partial charge in [0.25, 0.3) is 0 Å². The van der Waals surface area contributed by atoms with E-state index in [4.69, 9.17) is 18.5 Å². The van der Waals surface area contributed by atoms with Gasteiger partial charge in [0.05, 0.1) is 30.0 Å². The van der Waals surface area contributed by atoms with Gasteiger partial charge in [0.1, 0.15) is 12.2 Å². The second kappa shape index (κ2) is 8.91. The predicted octanol–water partition coefficient (Wildman–Crippen LogP) is 4.12. The van der Waals surface area contributed by atoms with Crippen LogP contribution >= 0.6 is 0 Å². The molecule has 37 heavy (non-hydrogen) atoms. The Morgan fingerprint density at radius 3 is 2.84 bits per heavy atom. The van der Waals surface area contributed by atoms with E-state index in [1.165, 1.54) is 6.08 Å². The first kappa shape index (κ1) is 24.6. The summed E-state index contributed by atoms with van der Waals surface area (Å²) in [5.41, 5.74) is 1.61. The van der Waals surface area contributed by atoms with E-state index in [1.807, 2.05) is 24.3 Å². The molecule has 3 heterocycles. The Morgan fingerprint density at radius 2 is 2.11 bits per heavy atom. The SMILES string of the molecule is C=CC(=O)N1CC[C@@H]1COC(=O)N[C@@H](Cc1coc2ccccc12)B1O[C@@H]2C[C@@H]3CC(C3(C)C)[C@]2(C)O1. The van der Waals surface area contributed by atoms with Gasteiger partial charge < -0.3 is 28.7 Å². The van der Waals surface area contributed by atoms with Crippen LogP contribution in [0.2, 0.25) is 0 Å². The molecule has 2 aliphatic heterocycles. The summed E-state index contributed by atoms with van der Waals surface area (Å²) in [6, 6.07) is 7.73. The Hall–Kier alpha value is -2.78. The van der Waals surface area contributed by atoms with Crippen molar-refractivity contribution in [3.63, 3.8) is 0 Å². The number of benzene rings is 1. The van der Waals surface area contributed by atoms with E-state index in [0.717, 1.165) is 35.8 Å². The molecule has 2 aromatic rings. The fourth-order valence-electron chi connectivity index (χ4n) is 7.10. The second-order valence-electron chi connectivity index (χ2n) is 11.8. The minimum Gasteiger partial charge on any atom is -0.464 e. The predicted molar refractivity (Wildman–Crippen MR) is 139 cm³/mol. The molecule has 9 heteroatoms. The summed E-state index contributed by atoms with van der Waals surface area (Å²) < 4.78 is 24.5. The van der Waals surface area contributed by atoms with Crippen molar-refractivity contribution in [3.8, 4) is 0 Å². The van der Waals surface area contributed by atoms with Crippen molar-refractivity contribution in [3.05, 3.63) is 48.7 Å². The van der Waals surface area contributed by atoms with Gasteiger partial charge in [-0.2, -0.15) is 0 Å². The second-order valence-corrected chi connectivity index (χ2v) is 11.8. The van der Waals surface area contributed by atoms with Crippen LogP contribution in [0.5, 0.6) is 0 Å². The number of ether oxygens (including phenoxy) is 1. The van der Waals surface area contributed by atoms with Crippen LogP contribution in [0.3, 0.4) is 0 Å². The van der Waals surface area contributed by atoms with Gasteiger partial charge in [0.2, 0.25) is 5.91 Å². The third-order valence-electron chi connectivity index (χ3n) is 9.61. The molecule has 5 fully saturated rings. The van der Waals surface area contributed by atoms with E-state index in [1.54, 1.807) is 11.2 Å². The average Bonchev–Trinajstić information content (AvgIpc) is 3.43. The third-order valence-corrected chi connectivity index (χ3v) is 9.61. The molecule has 2 bridgehead atoms. The molecule has 2 amide bonds. The van der Waals surface area contributed by atoms with Gasteiger partial charge in [-0.3, -0.25) is 4.79 Å². The first-order valence-corrected chi connectivity index (χ1v) is 13.4. The van der Waals surface area contributed by atoms with E-state index in [0.29, 0.717) is 24.8 Å². The van der Waals surface area contributed by atoms with Crippen LogP contribution in [0.1, 0.15) is 45.6 Å². The van der Waals surface area contributed by atoms with Gasteiger partial charge in [0.15, 0.2) is 0 Å². The molecule has 8 nitrogen and oxygen atoms in total. The molecule has 1 N–H and O–H groups in total. The first-order chi connectivity index (χ1) is 17.7. The van der Waals surface area contributed by atoms with Crippen molar-refractivity contribution in [1.82, 2.24) is 10.2 Å². The van der Waals surface area contributed by atoms with Crippen LogP contribution in [-0.2, 0) is 25.3 Å². The van der Waals surface area contributed by atoms with Crippen LogP contribution in [0, 0.1) is 17.3 Å². The topological polar surface area (TPSA) is 90.2 Å². The number of likely N-dealkylation sites (tertiary alicyclic amines) is 1. The quantitative estimate of drug-likeness (QED) is 0.449. The number of nitrogens with one attached hydrogen (secondary N) is 1. The van der Waals surface area contributed by atoms with E-state index in [9.17, 15) is 9.59 Å². The number of alkyl carbamates (subject to hydrolysis) is 1. The molecule has 1 aromatic carbocycles. The van der Waals surface area contributed by atoms with Crippen LogP contribution in [0.4, 0.5) is 4.79 Å². The Morgan fingerprint density at radius 1 is 1.30 bits per heavy atom. The van der Waals surface area contributed by atoms with E-state index < -0.39 is 19.2 Å². The number of furan rings is 1. The number of carbonyl (C=O) groups is 2. The molecule has 196 valence electrons. The maximum atomic E-state index is 13.0. The first-order valence-electron chi connectivity index (χ1n) is 13.4. The molecule has 7 rings (SSSR count). The lowest BCUT2D eigenvalue weighted by atomic mass is 9.43. The van der Waals surface area contributed by atoms with Crippen LogP contribution in [-0.4, -0.2) is 60.9 Å². The van der Waals surface area contributed by atoms with Gasteiger partial charge in [-0.1, -0.05) is 38.6 Å². The molecule has 1 aromatic heterocycles. The van der Waals surface area contributed by atoms with Crippen molar-refractivity contribution in [1.29, 1.82) is 0 Å². The summed E-state index contributed by atoms with van der Waals surface area (Å²) in [6.45, 7) is 11.2. The Kier molecular flexibility index (Phi) is 5.91. The summed E-state index contributed by atoms with van der Waals surface area (Å²) >= 11 is 0. The summed E-state index contributed by atoms with van der Waals surface area (Å²) in [5.74, 6) is 0.442. The normalized spacial score (nSPS) is 32.2. The zero-order valence-corrected chi connectivity index (χ0v) is 21.8. The summed E-state index contributed by atoms with van der Waals surface area (Å²) in [4.78, 5) is 26.6. The molecule has 3 aliphatic carbocycles. The van der Waals surface area contributed by atoms with E-state index in [-0.39, 0.29) is 35.7 Å². The van der Waals surface area contributed by atoms with Gasteiger partial charge in [-0.05, 0) is 67.6 Å². The van der Waals surface area contributed by atoms with Crippen LogP contribution in [0.15, 0.2) is 47.6 Å². The average molecular weight is 506 g/mol. The molecule has 5 aliphatic rings. The minimum atomic E-state index is -0.603. The highest BCUT2D eigenvalue weighted by Crippen LogP contribution is 2.65. The minimum absolute atomic E-state index is 0.00383. The Balaban J connectivity index is 1.18. The number of hydrogen-bond acceptors (Lipinski definition) is 6. The summed E-state index contributed by atoms with van der Waals surface area (Å²) in [6.07, 6.45) is 5.88. The molecule has 6 atom stereocenters. The molecule has 0 spiro atoms. The monoisotopic (exact) mass is 506 g/mol. The fraction of sp³-hybridized carbons (Fsp3) is 0.571. The number of amides is 2. The molecule has 0 radical (unpaired) electrons. The largest absolute Gasteiger partial charge is 0.482 e. The van der Waals surface area contributed by atoms with Crippen LogP contribution in [0.25, 0.3) is 11.0 Å². The fourth-order valence-corrected chi connectivity index (χ4v) is 7.10. The summed E-state index contributed by atoms with van der Waals surface area (Å²) in [7, 11) is -0.603. The van der Waals surface area contributed by atoms with Crippen molar-refractivity contribution in [2.24, 2.45) is 17.3 Å². The van der Waals surface area contributed by atoms with E-state index in [2.05, 4.69) is 32.7 Å². The molecular formula is C28H35BN2O6. The maximum absolute atomic E-state index is 13.0. The van der Waals surface area contributed by atoms with Crippen molar-refractivity contribution in [2.75, 3.05) is 13.2 Å². The highest BCUT2D eigenvalue weighted by atomic mass is 16.7. The van der Waals surface area contributed by atoms with Crippen LogP contribution < -0.4 is 5.32 Å². The zero-order chi connectivity index (χ0) is 25.9. The number of carbonyl (C=O) groups excluding carboxylic acids is 2. The number of hydrogen-bond donors (Lipinski definition) is 1.